The topological polar surface area (TPSA) is 75.1 Å². The summed E-state index contributed by atoms with van der Waals surface area (Å²) in [6, 6.07) is 0.179. The van der Waals surface area contributed by atoms with E-state index in [0.717, 1.165) is 25.5 Å². The van der Waals surface area contributed by atoms with Crippen molar-refractivity contribution in [3.05, 3.63) is 0 Å². The fourth-order valence-corrected chi connectivity index (χ4v) is 1.82. The average Bonchev–Trinajstić information content (AvgIpc) is 2.95. The molecule has 0 aromatic carbocycles. The van der Waals surface area contributed by atoms with Gasteiger partial charge < -0.3 is 25.2 Å². The summed E-state index contributed by atoms with van der Waals surface area (Å²) >= 11 is 0. The summed E-state index contributed by atoms with van der Waals surface area (Å²) in [6.07, 6.45) is 1.21. The summed E-state index contributed by atoms with van der Waals surface area (Å²) in [5.41, 5.74) is 0. The van der Waals surface area contributed by atoms with E-state index in [4.69, 9.17) is 14.6 Å². The van der Waals surface area contributed by atoms with Crippen molar-refractivity contribution in [3.63, 3.8) is 0 Å². The molecule has 0 aliphatic carbocycles. The van der Waals surface area contributed by atoms with Crippen LogP contribution in [0.1, 0.15) is 27.2 Å². The summed E-state index contributed by atoms with van der Waals surface area (Å²) in [4.78, 5) is 4.46. The molecule has 0 aromatic rings. The van der Waals surface area contributed by atoms with Crippen LogP contribution in [0.3, 0.4) is 0 Å². The third-order valence-electron chi connectivity index (χ3n) is 3.07. The van der Waals surface area contributed by atoms with Crippen molar-refractivity contribution in [1.29, 1.82) is 0 Å². The highest BCUT2D eigenvalue weighted by Gasteiger charge is 2.17. The van der Waals surface area contributed by atoms with Crippen molar-refractivity contribution in [2.45, 2.75) is 39.3 Å². The van der Waals surface area contributed by atoms with Crippen LogP contribution >= 0.6 is 0 Å². The van der Waals surface area contributed by atoms with Gasteiger partial charge in [-0.15, -0.1) is 0 Å². The maximum absolute atomic E-state index is 9.02. The van der Waals surface area contributed by atoms with Crippen LogP contribution in [0.25, 0.3) is 0 Å². The Morgan fingerprint density at radius 1 is 1.50 bits per heavy atom. The number of guanidine groups is 1. The fourth-order valence-electron chi connectivity index (χ4n) is 1.82. The largest absolute Gasteiger partial charge is 0.396 e. The molecule has 1 rings (SSSR count). The summed E-state index contributed by atoms with van der Waals surface area (Å²) < 4.78 is 11.1. The number of ether oxygens (including phenoxy) is 2. The quantitative estimate of drug-likeness (QED) is 0.444. The van der Waals surface area contributed by atoms with Crippen molar-refractivity contribution in [2.24, 2.45) is 10.9 Å². The molecule has 6 heteroatoms. The first-order valence-corrected chi connectivity index (χ1v) is 7.50. The molecule has 20 heavy (non-hydrogen) atoms. The maximum Gasteiger partial charge on any atom is 0.191 e. The van der Waals surface area contributed by atoms with E-state index in [-0.39, 0.29) is 24.7 Å². The molecule has 0 radical (unpaired) electrons. The normalized spacial score (nSPS) is 22.6. The van der Waals surface area contributed by atoms with E-state index in [0.29, 0.717) is 19.8 Å². The van der Waals surface area contributed by atoms with Gasteiger partial charge in [-0.05, 0) is 26.2 Å². The first-order valence-electron chi connectivity index (χ1n) is 7.50. The van der Waals surface area contributed by atoms with Gasteiger partial charge in [0.05, 0.1) is 19.3 Å². The predicted molar refractivity (Wildman–Crippen MR) is 80.0 cm³/mol. The van der Waals surface area contributed by atoms with E-state index in [1.54, 1.807) is 0 Å². The fraction of sp³-hybridized carbons (Fsp3) is 0.929. The van der Waals surface area contributed by atoms with E-state index in [1.165, 1.54) is 0 Å². The highest BCUT2D eigenvalue weighted by molar-refractivity contribution is 5.80. The summed E-state index contributed by atoms with van der Waals surface area (Å²) in [7, 11) is 0. The number of aliphatic imine (C=N–C) groups is 1. The molecule has 0 amide bonds. The number of rotatable bonds is 8. The van der Waals surface area contributed by atoms with E-state index < -0.39 is 0 Å². The number of aliphatic hydroxyl groups is 1. The average molecular weight is 287 g/mol. The Morgan fingerprint density at radius 2 is 2.30 bits per heavy atom. The van der Waals surface area contributed by atoms with Crippen LogP contribution < -0.4 is 10.6 Å². The minimum Gasteiger partial charge on any atom is -0.396 e. The van der Waals surface area contributed by atoms with Gasteiger partial charge >= 0.3 is 0 Å². The summed E-state index contributed by atoms with van der Waals surface area (Å²) in [5, 5.41) is 15.5. The van der Waals surface area contributed by atoms with Crippen LogP contribution in [0.15, 0.2) is 4.99 Å². The second kappa shape index (κ2) is 9.96. The third kappa shape index (κ3) is 7.07. The summed E-state index contributed by atoms with van der Waals surface area (Å²) in [6.45, 7) is 9.78. The standard InChI is InChI=1S/C14H29N3O3/c1-4-15-14(16-7-11(2)8-18)17-12(3)9-20-13-5-6-19-10-13/h11-13,18H,4-10H2,1-3H3,(H2,15,16,17). The monoisotopic (exact) mass is 287 g/mol. The number of hydrogen-bond acceptors (Lipinski definition) is 4. The zero-order chi connectivity index (χ0) is 14.8. The highest BCUT2D eigenvalue weighted by atomic mass is 16.5. The molecule has 0 spiro atoms. The second-order valence-electron chi connectivity index (χ2n) is 5.37. The highest BCUT2D eigenvalue weighted by Crippen LogP contribution is 2.08. The smallest absolute Gasteiger partial charge is 0.191 e. The van der Waals surface area contributed by atoms with E-state index in [1.807, 2.05) is 13.8 Å². The number of nitrogens with zero attached hydrogens (tertiary/aromatic N) is 1. The predicted octanol–water partition coefficient (Wildman–Crippen LogP) is 0.364. The molecule has 1 fully saturated rings. The lowest BCUT2D eigenvalue weighted by Gasteiger charge is -2.20. The molecule has 1 aliphatic rings. The summed E-state index contributed by atoms with van der Waals surface area (Å²) in [5.74, 6) is 0.944. The Hall–Kier alpha value is -0.850. The van der Waals surface area contributed by atoms with Crippen LogP contribution in [0, 0.1) is 5.92 Å². The van der Waals surface area contributed by atoms with Gasteiger partial charge in [-0.1, -0.05) is 6.92 Å². The Kier molecular flexibility index (Phi) is 8.57. The number of nitrogens with one attached hydrogen (secondary N) is 2. The molecule has 1 aliphatic heterocycles. The first-order chi connectivity index (χ1) is 9.65. The first kappa shape index (κ1) is 17.2. The number of aliphatic hydroxyl groups excluding tert-OH is 1. The lowest BCUT2D eigenvalue weighted by molar-refractivity contribution is 0.0347. The van der Waals surface area contributed by atoms with Crippen LogP contribution in [-0.2, 0) is 9.47 Å². The van der Waals surface area contributed by atoms with Gasteiger partial charge in [-0.2, -0.15) is 0 Å². The van der Waals surface area contributed by atoms with E-state index in [9.17, 15) is 0 Å². The van der Waals surface area contributed by atoms with Gasteiger partial charge in [-0.3, -0.25) is 4.99 Å². The molecule has 3 atom stereocenters. The van der Waals surface area contributed by atoms with Crippen LogP contribution in [0.4, 0.5) is 0 Å². The molecule has 0 bridgehead atoms. The van der Waals surface area contributed by atoms with Crippen molar-refractivity contribution in [2.75, 3.05) is 39.5 Å². The molecular weight excluding hydrogens is 258 g/mol. The van der Waals surface area contributed by atoms with E-state index >= 15 is 0 Å². The van der Waals surface area contributed by atoms with E-state index in [2.05, 4.69) is 22.5 Å². The molecule has 3 unspecified atom stereocenters. The van der Waals surface area contributed by atoms with Gasteiger partial charge in [0.2, 0.25) is 0 Å². The molecule has 0 saturated carbocycles. The minimum absolute atomic E-state index is 0.156. The van der Waals surface area contributed by atoms with Crippen LogP contribution in [0.2, 0.25) is 0 Å². The van der Waals surface area contributed by atoms with Gasteiger partial charge in [0.15, 0.2) is 5.96 Å². The molecule has 0 aromatic heterocycles. The van der Waals surface area contributed by atoms with Gasteiger partial charge in [0.25, 0.3) is 0 Å². The van der Waals surface area contributed by atoms with Gasteiger partial charge in [0, 0.05) is 32.3 Å². The zero-order valence-electron chi connectivity index (χ0n) is 12.9. The zero-order valence-corrected chi connectivity index (χ0v) is 12.9. The van der Waals surface area contributed by atoms with Crippen LogP contribution in [-0.4, -0.2) is 62.7 Å². The van der Waals surface area contributed by atoms with Crippen molar-refractivity contribution in [3.8, 4) is 0 Å². The molecular formula is C14H29N3O3. The lowest BCUT2D eigenvalue weighted by atomic mass is 10.2. The second-order valence-corrected chi connectivity index (χ2v) is 5.37. The lowest BCUT2D eigenvalue weighted by Crippen LogP contribution is -2.44. The Balaban J connectivity index is 2.30. The van der Waals surface area contributed by atoms with Crippen LogP contribution in [0.5, 0.6) is 0 Å². The molecule has 3 N–H and O–H groups in total. The number of hydrogen-bond donors (Lipinski definition) is 3. The molecule has 118 valence electrons. The SMILES string of the molecule is CCNC(=NCC(C)CO)NC(C)COC1CCOC1. The molecule has 6 nitrogen and oxygen atoms in total. The maximum atomic E-state index is 9.02. The Bertz CT molecular complexity index is 281. The van der Waals surface area contributed by atoms with Crippen molar-refractivity contribution >= 4 is 5.96 Å². The Morgan fingerprint density at radius 3 is 2.90 bits per heavy atom. The molecule has 1 saturated heterocycles. The molecule has 1 heterocycles. The minimum atomic E-state index is 0.156. The van der Waals surface area contributed by atoms with Crippen molar-refractivity contribution in [1.82, 2.24) is 10.6 Å². The van der Waals surface area contributed by atoms with Gasteiger partial charge in [0.1, 0.15) is 0 Å². The third-order valence-corrected chi connectivity index (χ3v) is 3.07. The Labute approximate surface area is 121 Å². The van der Waals surface area contributed by atoms with Gasteiger partial charge in [-0.25, -0.2) is 0 Å². The van der Waals surface area contributed by atoms with Crippen molar-refractivity contribution < 1.29 is 14.6 Å².